The Balaban J connectivity index is 2.22. The molecule has 1 aliphatic carbocycles. The lowest BCUT2D eigenvalue weighted by atomic mass is 10.0. The van der Waals surface area contributed by atoms with Gasteiger partial charge in [-0.1, -0.05) is 25.2 Å². The van der Waals surface area contributed by atoms with Crippen LogP contribution in [0.2, 0.25) is 0 Å². The van der Waals surface area contributed by atoms with Gasteiger partial charge in [-0.2, -0.15) is 0 Å². The van der Waals surface area contributed by atoms with E-state index in [0.717, 1.165) is 47.8 Å². The third-order valence-corrected chi connectivity index (χ3v) is 4.99. The number of anilines is 1. The topological polar surface area (TPSA) is 36.4 Å². The highest BCUT2D eigenvalue weighted by Crippen LogP contribution is 2.37. The predicted molar refractivity (Wildman–Crippen MR) is 72.8 cm³/mol. The van der Waals surface area contributed by atoms with Crippen LogP contribution in [0.4, 0.5) is 5.13 Å². The van der Waals surface area contributed by atoms with Crippen molar-refractivity contribution in [1.82, 2.24) is 4.98 Å². The van der Waals surface area contributed by atoms with Gasteiger partial charge in [-0.05, 0) is 32.1 Å². The maximum Gasteiger partial charge on any atom is 0.185 e. The summed E-state index contributed by atoms with van der Waals surface area (Å²) in [6.45, 7) is 4.43. The molecule has 1 heterocycles. The summed E-state index contributed by atoms with van der Waals surface area (Å²) in [5, 5.41) is 11.0. The summed E-state index contributed by atoms with van der Waals surface area (Å²) in [7, 11) is 2.12. The largest absolute Gasteiger partial charge is 0.388 e. The molecular weight excluding hydrogens is 232 g/mol. The normalized spacial score (nSPS) is 19.5. The first-order chi connectivity index (χ1) is 8.17. The summed E-state index contributed by atoms with van der Waals surface area (Å²) in [6, 6.07) is 0.555. The molecule has 1 atom stereocenters. The van der Waals surface area contributed by atoms with Crippen LogP contribution in [-0.4, -0.2) is 23.2 Å². The number of nitrogens with zero attached hydrogens (tertiary/aromatic N) is 2. The second kappa shape index (κ2) is 5.36. The van der Waals surface area contributed by atoms with E-state index in [-0.39, 0.29) is 6.10 Å². The molecule has 3 nitrogen and oxygen atoms in total. The van der Waals surface area contributed by atoms with Crippen molar-refractivity contribution in [3.63, 3.8) is 0 Å². The average molecular weight is 254 g/mol. The molecule has 1 aliphatic rings. The van der Waals surface area contributed by atoms with Gasteiger partial charge < -0.3 is 10.0 Å². The molecule has 17 heavy (non-hydrogen) atoms. The second-order valence-electron chi connectivity index (χ2n) is 4.80. The SMILES string of the molecule is CCC(CC)N(C)c1nc2c(s1)C(O)CCC2. The van der Waals surface area contributed by atoms with Crippen LogP contribution < -0.4 is 4.90 Å². The van der Waals surface area contributed by atoms with Gasteiger partial charge in [0.05, 0.1) is 16.7 Å². The summed E-state index contributed by atoms with van der Waals surface area (Å²) in [5.41, 5.74) is 1.13. The van der Waals surface area contributed by atoms with E-state index in [9.17, 15) is 5.11 Å². The number of aromatic nitrogens is 1. The minimum Gasteiger partial charge on any atom is -0.388 e. The van der Waals surface area contributed by atoms with Gasteiger partial charge in [-0.25, -0.2) is 4.98 Å². The molecule has 96 valence electrons. The monoisotopic (exact) mass is 254 g/mol. The van der Waals surface area contributed by atoms with E-state index in [4.69, 9.17) is 4.98 Å². The third kappa shape index (κ3) is 2.47. The summed E-state index contributed by atoms with van der Waals surface area (Å²) >= 11 is 1.68. The highest BCUT2D eigenvalue weighted by Gasteiger charge is 2.25. The van der Waals surface area contributed by atoms with Crippen molar-refractivity contribution in [2.75, 3.05) is 11.9 Å². The predicted octanol–water partition coefficient (Wildman–Crippen LogP) is 3.14. The van der Waals surface area contributed by atoms with Crippen molar-refractivity contribution in [1.29, 1.82) is 0 Å². The molecule has 0 fully saturated rings. The number of aryl methyl sites for hydroxylation is 1. The Morgan fingerprint density at radius 1 is 1.47 bits per heavy atom. The van der Waals surface area contributed by atoms with E-state index < -0.39 is 0 Å². The van der Waals surface area contributed by atoms with Crippen molar-refractivity contribution in [3.8, 4) is 0 Å². The third-order valence-electron chi connectivity index (χ3n) is 3.70. The van der Waals surface area contributed by atoms with Crippen molar-refractivity contribution < 1.29 is 5.11 Å². The van der Waals surface area contributed by atoms with Crippen LogP contribution >= 0.6 is 11.3 Å². The Hall–Kier alpha value is -0.610. The zero-order valence-corrected chi connectivity index (χ0v) is 11.8. The second-order valence-corrected chi connectivity index (χ2v) is 5.81. The molecule has 1 aromatic rings. The maximum atomic E-state index is 9.96. The molecule has 0 spiro atoms. The van der Waals surface area contributed by atoms with Gasteiger partial charge in [0.25, 0.3) is 0 Å². The van der Waals surface area contributed by atoms with Crippen LogP contribution in [-0.2, 0) is 6.42 Å². The molecule has 0 amide bonds. The summed E-state index contributed by atoms with van der Waals surface area (Å²) in [6.07, 6.45) is 4.98. The van der Waals surface area contributed by atoms with Gasteiger partial charge in [-0.3, -0.25) is 0 Å². The number of aliphatic hydroxyl groups is 1. The number of fused-ring (bicyclic) bond motifs is 1. The van der Waals surface area contributed by atoms with Crippen LogP contribution in [0.1, 0.15) is 56.2 Å². The fraction of sp³-hybridized carbons (Fsp3) is 0.769. The Bertz CT molecular complexity index is 373. The maximum absolute atomic E-state index is 9.96. The molecular formula is C13H22N2OS. The molecule has 1 unspecified atom stereocenters. The van der Waals surface area contributed by atoms with Crippen LogP contribution in [0, 0.1) is 0 Å². The zero-order chi connectivity index (χ0) is 12.4. The summed E-state index contributed by atoms with van der Waals surface area (Å²) < 4.78 is 0. The summed E-state index contributed by atoms with van der Waals surface area (Å²) in [4.78, 5) is 8.08. The van der Waals surface area contributed by atoms with E-state index in [0.29, 0.717) is 6.04 Å². The Labute approximate surface area is 107 Å². The molecule has 4 heteroatoms. The van der Waals surface area contributed by atoms with E-state index in [1.165, 1.54) is 0 Å². The number of rotatable bonds is 4. The highest BCUT2D eigenvalue weighted by atomic mass is 32.1. The van der Waals surface area contributed by atoms with Gasteiger partial charge in [0.2, 0.25) is 0 Å². The van der Waals surface area contributed by atoms with Crippen LogP contribution in [0.5, 0.6) is 0 Å². The van der Waals surface area contributed by atoms with Crippen molar-refractivity contribution >= 4 is 16.5 Å². The van der Waals surface area contributed by atoms with Crippen LogP contribution in [0.3, 0.4) is 0 Å². The lowest BCUT2D eigenvalue weighted by Crippen LogP contribution is -2.30. The quantitative estimate of drug-likeness (QED) is 0.896. The lowest BCUT2D eigenvalue weighted by Gasteiger charge is -2.25. The fourth-order valence-electron chi connectivity index (χ4n) is 2.53. The van der Waals surface area contributed by atoms with E-state index in [1.807, 2.05) is 0 Å². The molecule has 0 aromatic carbocycles. The number of hydrogen-bond donors (Lipinski definition) is 1. The van der Waals surface area contributed by atoms with Crippen molar-refractivity contribution in [2.45, 2.75) is 58.1 Å². The molecule has 2 rings (SSSR count). The van der Waals surface area contributed by atoms with Crippen LogP contribution in [0.25, 0.3) is 0 Å². The van der Waals surface area contributed by atoms with Crippen molar-refractivity contribution in [2.24, 2.45) is 0 Å². The highest BCUT2D eigenvalue weighted by molar-refractivity contribution is 7.15. The number of hydrogen-bond acceptors (Lipinski definition) is 4. The molecule has 1 N–H and O–H groups in total. The van der Waals surface area contributed by atoms with Gasteiger partial charge in [0.1, 0.15) is 0 Å². The minimum atomic E-state index is -0.278. The van der Waals surface area contributed by atoms with E-state index >= 15 is 0 Å². The number of thiazole rings is 1. The first-order valence-corrected chi connectivity index (χ1v) is 7.39. The standard InChI is InChI=1S/C13H22N2OS/c1-4-9(5-2)15(3)13-14-10-7-6-8-11(16)12(10)17-13/h9,11,16H,4-8H2,1-3H3. The molecule has 0 radical (unpaired) electrons. The van der Waals surface area contributed by atoms with Crippen LogP contribution in [0.15, 0.2) is 0 Å². The molecule has 0 saturated heterocycles. The van der Waals surface area contributed by atoms with Gasteiger partial charge in [-0.15, -0.1) is 0 Å². The van der Waals surface area contributed by atoms with Gasteiger partial charge >= 0.3 is 0 Å². The first kappa shape index (κ1) is 12.8. The zero-order valence-electron chi connectivity index (χ0n) is 10.9. The van der Waals surface area contributed by atoms with Gasteiger partial charge in [0.15, 0.2) is 5.13 Å². The Kier molecular flexibility index (Phi) is 4.05. The van der Waals surface area contributed by atoms with Gasteiger partial charge in [0, 0.05) is 13.1 Å². The van der Waals surface area contributed by atoms with E-state index in [1.54, 1.807) is 11.3 Å². The fourth-order valence-corrected chi connectivity index (χ4v) is 3.69. The Morgan fingerprint density at radius 2 is 2.18 bits per heavy atom. The number of aliphatic hydroxyl groups excluding tert-OH is 1. The first-order valence-electron chi connectivity index (χ1n) is 6.57. The lowest BCUT2D eigenvalue weighted by molar-refractivity contribution is 0.160. The molecule has 0 bridgehead atoms. The minimum absolute atomic E-state index is 0.278. The molecule has 0 saturated carbocycles. The smallest absolute Gasteiger partial charge is 0.185 e. The van der Waals surface area contributed by atoms with Crippen molar-refractivity contribution in [3.05, 3.63) is 10.6 Å². The van der Waals surface area contributed by atoms with E-state index in [2.05, 4.69) is 25.8 Å². The molecule has 0 aliphatic heterocycles. The average Bonchev–Trinajstić information content (AvgIpc) is 2.76. The Morgan fingerprint density at radius 3 is 2.76 bits per heavy atom. The summed E-state index contributed by atoms with van der Waals surface area (Å²) in [5.74, 6) is 0. The molecule has 1 aromatic heterocycles.